The Balaban J connectivity index is 2.06. The van der Waals surface area contributed by atoms with E-state index in [9.17, 15) is 0 Å². The minimum absolute atomic E-state index is 0.666. The minimum Gasteiger partial charge on any atom is -0.380 e. The number of halogens is 1. The van der Waals surface area contributed by atoms with Gasteiger partial charge in [0.1, 0.15) is 0 Å². The second-order valence-corrected chi connectivity index (χ2v) is 5.27. The van der Waals surface area contributed by atoms with Crippen LogP contribution in [0.2, 0.25) is 5.02 Å². The molecule has 0 spiro atoms. The number of hydrogen-bond acceptors (Lipinski definition) is 2. The van der Waals surface area contributed by atoms with Gasteiger partial charge in [-0.1, -0.05) is 11.6 Å². The molecule has 1 N–H and O–H groups in total. The van der Waals surface area contributed by atoms with Crippen molar-refractivity contribution in [3.05, 3.63) is 22.7 Å². The Morgan fingerprint density at radius 2 is 2.25 bits per heavy atom. The number of hydrogen-bond donors (Lipinski definition) is 1. The smallest absolute Gasteiger partial charge is 0.0768 e. The maximum atomic E-state index is 6.29. The van der Waals surface area contributed by atoms with Gasteiger partial charge in [-0.2, -0.15) is 0 Å². The van der Waals surface area contributed by atoms with E-state index in [0.717, 1.165) is 17.3 Å². The van der Waals surface area contributed by atoms with Gasteiger partial charge in [0.2, 0.25) is 0 Å². The van der Waals surface area contributed by atoms with Crippen LogP contribution in [0, 0.1) is 6.92 Å². The standard InChI is InChI=1S/C13H17ClN2/c1-9-6-11(14)13-12(7-9)16-5-3-2-4-10(16)8-15-13/h6-7,10,15H,2-5,8H2,1H3. The highest BCUT2D eigenvalue weighted by Crippen LogP contribution is 2.40. The Morgan fingerprint density at radius 3 is 3.12 bits per heavy atom. The molecule has 1 unspecified atom stereocenters. The van der Waals surface area contributed by atoms with Crippen LogP contribution in [-0.4, -0.2) is 19.1 Å². The van der Waals surface area contributed by atoms with Crippen LogP contribution in [0.15, 0.2) is 12.1 Å². The first-order valence-corrected chi connectivity index (χ1v) is 6.44. The zero-order chi connectivity index (χ0) is 11.1. The number of anilines is 2. The molecule has 0 aliphatic carbocycles. The molecule has 0 aromatic heterocycles. The fourth-order valence-corrected chi connectivity index (χ4v) is 3.21. The Kier molecular flexibility index (Phi) is 2.47. The number of benzene rings is 1. The molecule has 2 aliphatic rings. The summed E-state index contributed by atoms with van der Waals surface area (Å²) in [5.74, 6) is 0. The molecule has 1 aromatic rings. The summed E-state index contributed by atoms with van der Waals surface area (Å²) in [5.41, 5.74) is 3.68. The second-order valence-electron chi connectivity index (χ2n) is 4.86. The molecule has 0 saturated carbocycles. The summed E-state index contributed by atoms with van der Waals surface area (Å²) in [6.45, 7) is 4.33. The average Bonchev–Trinajstić information content (AvgIpc) is 2.28. The third-order valence-corrected chi connectivity index (χ3v) is 3.96. The van der Waals surface area contributed by atoms with Crippen LogP contribution in [0.25, 0.3) is 0 Å². The lowest BCUT2D eigenvalue weighted by Gasteiger charge is -2.43. The van der Waals surface area contributed by atoms with E-state index in [0.29, 0.717) is 6.04 Å². The summed E-state index contributed by atoms with van der Waals surface area (Å²) in [6.07, 6.45) is 3.97. The third kappa shape index (κ3) is 1.56. The maximum absolute atomic E-state index is 6.29. The average molecular weight is 237 g/mol. The fraction of sp³-hybridized carbons (Fsp3) is 0.538. The first-order valence-electron chi connectivity index (χ1n) is 6.06. The SMILES string of the molecule is Cc1cc(Cl)c2c(c1)N1CCCCC1CN2. The molecule has 16 heavy (non-hydrogen) atoms. The van der Waals surface area contributed by atoms with Gasteiger partial charge in [0, 0.05) is 19.1 Å². The molecule has 2 heterocycles. The lowest BCUT2D eigenvalue weighted by Crippen LogP contribution is -2.47. The van der Waals surface area contributed by atoms with Crippen LogP contribution in [0.5, 0.6) is 0 Å². The lowest BCUT2D eigenvalue weighted by atomic mass is 9.97. The summed E-state index contributed by atoms with van der Waals surface area (Å²) < 4.78 is 0. The van der Waals surface area contributed by atoms with E-state index >= 15 is 0 Å². The monoisotopic (exact) mass is 236 g/mol. The quantitative estimate of drug-likeness (QED) is 0.743. The first-order chi connectivity index (χ1) is 7.75. The maximum Gasteiger partial charge on any atom is 0.0768 e. The van der Waals surface area contributed by atoms with Gasteiger partial charge in [0.15, 0.2) is 0 Å². The van der Waals surface area contributed by atoms with Gasteiger partial charge in [0.25, 0.3) is 0 Å². The highest BCUT2D eigenvalue weighted by Gasteiger charge is 2.29. The van der Waals surface area contributed by atoms with Crippen LogP contribution >= 0.6 is 11.6 Å². The van der Waals surface area contributed by atoms with Crippen molar-refractivity contribution < 1.29 is 0 Å². The van der Waals surface area contributed by atoms with Gasteiger partial charge in [-0.05, 0) is 43.9 Å². The fourth-order valence-electron chi connectivity index (χ4n) is 2.88. The van der Waals surface area contributed by atoms with E-state index in [1.54, 1.807) is 0 Å². The summed E-state index contributed by atoms with van der Waals surface area (Å²) in [4.78, 5) is 2.54. The molecule has 1 fully saturated rings. The molecule has 0 amide bonds. The van der Waals surface area contributed by atoms with Gasteiger partial charge >= 0.3 is 0 Å². The van der Waals surface area contributed by atoms with Crippen molar-refractivity contribution >= 4 is 23.0 Å². The van der Waals surface area contributed by atoms with Crippen molar-refractivity contribution in [1.82, 2.24) is 0 Å². The number of aryl methyl sites for hydroxylation is 1. The highest BCUT2D eigenvalue weighted by molar-refractivity contribution is 6.34. The van der Waals surface area contributed by atoms with Crippen molar-refractivity contribution in [1.29, 1.82) is 0 Å². The van der Waals surface area contributed by atoms with Crippen molar-refractivity contribution in [3.63, 3.8) is 0 Å². The molecule has 3 rings (SSSR count). The van der Waals surface area contributed by atoms with E-state index in [4.69, 9.17) is 11.6 Å². The molecular formula is C13H17ClN2. The molecule has 2 nitrogen and oxygen atoms in total. The van der Waals surface area contributed by atoms with Gasteiger partial charge in [0.05, 0.1) is 16.4 Å². The van der Waals surface area contributed by atoms with Crippen LogP contribution in [0.1, 0.15) is 24.8 Å². The van der Waals surface area contributed by atoms with Crippen LogP contribution in [0.4, 0.5) is 11.4 Å². The van der Waals surface area contributed by atoms with Crippen LogP contribution in [0.3, 0.4) is 0 Å². The molecule has 0 radical (unpaired) electrons. The second kappa shape index (κ2) is 3.85. The van der Waals surface area contributed by atoms with Gasteiger partial charge in [-0.3, -0.25) is 0 Å². The van der Waals surface area contributed by atoms with E-state index in [-0.39, 0.29) is 0 Å². The summed E-state index contributed by atoms with van der Waals surface area (Å²) in [6, 6.07) is 4.96. The Hall–Kier alpha value is -0.890. The Bertz CT molecular complexity index is 417. The largest absolute Gasteiger partial charge is 0.380 e. The normalized spacial score (nSPS) is 23.4. The van der Waals surface area contributed by atoms with Crippen molar-refractivity contribution in [2.75, 3.05) is 23.3 Å². The Morgan fingerprint density at radius 1 is 1.38 bits per heavy atom. The van der Waals surface area contributed by atoms with Crippen LogP contribution < -0.4 is 10.2 Å². The zero-order valence-corrected chi connectivity index (χ0v) is 10.3. The molecule has 2 aliphatic heterocycles. The highest BCUT2D eigenvalue weighted by atomic mass is 35.5. The first kappa shape index (κ1) is 10.3. The number of nitrogens with zero attached hydrogens (tertiary/aromatic N) is 1. The van der Waals surface area contributed by atoms with E-state index in [2.05, 4.69) is 23.2 Å². The topological polar surface area (TPSA) is 15.3 Å². The molecule has 3 heteroatoms. The predicted octanol–water partition coefficient (Wildman–Crippen LogP) is 3.43. The lowest BCUT2D eigenvalue weighted by molar-refractivity contribution is 0.466. The van der Waals surface area contributed by atoms with Gasteiger partial charge in [-0.25, -0.2) is 0 Å². The van der Waals surface area contributed by atoms with Crippen molar-refractivity contribution in [3.8, 4) is 0 Å². The Labute approximate surface area is 102 Å². The van der Waals surface area contributed by atoms with E-state index in [1.165, 1.54) is 37.1 Å². The molecule has 0 bridgehead atoms. The zero-order valence-electron chi connectivity index (χ0n) is 9.59. The van der Waals surface area contributed by atoms with Crippen molar-refractivity contribution in [2.24, 2.45) is 0 Å². The number of nitrogens with one attached hydrogen (secondary N) is 1. The third-order valence-electron chi connectivity index (χ3n) is 3.66. The van der Waals surface area contributed by atoms with Crippen LogP contribution in [-0.2, 0) is 0 Å². The number of rotatable bonds is 0. The van der Waals surface area contributed by atoms with E-state index < -0.39 is 0 Å². The molecule has 1 saturated heterocycles. The number of piperidine rings is 1. The molecular weight excluding hydrogens is 220 g/mol. The van der Waals surface area contributed by atoms with E-state index in [1.807, 2.05) is 6.07 Å². The summed E-state index contributed by atoms with van der Waals surface area (Å²) >= 11 is 6.29. The van der Waals surface area contributed by atoms with Gasteiger partial charge < -0.3 is 10.2 Å². The molecule has 86 valence electrons. The van der Waals surface area contributed by atoms with Gasteiger partial charge in [-0.15, -0.1) is 0 Å². The predicted molar refractivity (Wildman–Crippen MR) is 69.7 cm³/mol. The van der Waals surface area contributed by atoms with Crippen molar-refractivity contribution in [2.45, 2.75) is 32.2 Å². The molecule has 1 atom stereocenters. The molecule has 1 aromatic carbocycles. The summed E-state index contributed by atoms with van der Waals surface area (Å²) in [7, 11) is 0. The summed E-state index contributed by atoms with van der Waals surface area (Å²) in [5, 5.41) is 4.34. The minimum atomic E-state index is 0.666. The number of fused-ring (bicyclic) bond motifs is 3.